The van der Waals surface area contributed by atoms with Gasteiger partial charge in [-0.1, -0.05) is 0 Å². The molecule has 0 spiro atoms. The van der Waals surface area contributed by atoms with Gasteiger partial charge in [0.05, 0.1) is 25.0 Å². The molecule has 1 N–H and O–H groups in total. The standard InChI is InChI=1S/C17H22FN3O3S.CH2O2/c1-12-8-13(4-5-15(12)18)17-19-6-7-21(17)16-10-24-9-14(16)11-25(22,23)20(2)3;2-1-3/h4-8,14,16H,9-11H2,1-3H3;1H,(H,2,3)/t14-,16-;/m1./s1. The van der Waals surface area contributed by atoms with Crippen molar-refractivity contribution < 1.29 is 27.4 Å². The van der Waals surface area contributed by atoms with Gasteiger partial charge >= 0.3 is 0 Å². The Morgan fingerprint density at radius 3 is 2.68 bits per heavy atom. The third-order valence-electron chi connectivity index (χ3n) is 4.59. The van der Waals surface area contributed by atoms with E-state index < -0.39 is 10.0 Å². The van der Waals surface area contributed by atoms with Gasteiger partial charge in [-0.15, -0.1) is 0 Å². The molecule has 154 valence electrons. The third kappa shape index (κ3) is 4.94. The molecule has 1 aliphatic heterocycles. The number of benzene rings is 1. The summed E-state index contributed by atoms with van der Waals surface area (Å²) in [5.74, 6) is 0.277. The Bertz CT molecular complexity index is 914. The molecule has 2 atom stereocenters. The molecule has 10 heteroatoms. The van der Waals surface area contributed by atoms with Crippen molar-refractivity contribution in [2.75, 3.05) is 33.1 Å². The van der Waals surface area contributed by atoms with Crippen LogP contribution in [0, 0.1) is 18.7 Å². The molecule has 28 heavy (non-hydrogen) atoms. The summed E-state index contributed by atoms with van der Waals surface area (Å²) in [6, 6.07) is 4.72. The molecule has 0 radical (unpaired) electrons. The fourth-order valence-electron chi connectivity index (χ4n) is 3.06. The Kier molecular flexibility index (Phi) is 7.28. The number of aryl methyl sites for hydroxylation is 1. The number of hydrogen-bond acceptors (Lipinski definition) is 5. The summed E-state index contributed by atoms with van der Waals surface area (Å²) in [7, 11) is -0.262. The number of rotatable bonds is 5. The first-order valence-corrected chi connectivity index (χ1v) is 10.2. The quantitative estimate of drug-likeness (QED) is 0.750. The number of aromatic nitrogens is 2. The van der Waals surface area contributed by atoms with Gasteiger partial charge in [-0.3, -0.25) is 4.79 Å². The van der Waals surface area contributed by atoms with Crippen LogP contribution in [0.4, 0.5) is 4.39 Å². The molecule has 0 aliphatic carbocycles. The number of imidazole rings is 1. The number of sulfonamides is 1. The number of carboxylic acid groups (broad SMARTS) is 1. The van der Waals surface area contributed by atoms with E-state index in [0.717, 1.165) is 5.56 Å². The summed E-state index contributed by atoms with van der Waals surface area (Å²) >= 11 is 0. The molecule has 1 aliphatic rings. The molecule has 2 heterocycles. The first-order valence-electron chi connectivity index (χ1n) is 8.56. The van der Waals surface area contributed by atoms with Crippen LogP contribution in [-0.2, 0) is 19.6 Å². The van der Waals surface area contributed by atoms with Gasteiger partial charge in [0.1, 0.15) is 11.6 Å². The lowest BCUT2D eigenvalue weighted by Gasteiger charge is -2.22. The molecular formula is C18H24FN3O5S. The van der Waals surface area contributed by atoms with Crippen molar-refractivity contribution in [3.63, 3.8) is 0 Å². The molecule has 1 fully saturated rings. The van der Waals surface area contributed by atoms with E-state index >= 15 is 0 Å². The molecule has 1 aromatic heterocycles. The molecule has 0 unspecified atom stereocenters. The lowest BCUT2D eigenvalue weighted by Crippen LogP contribution is -2.32. The molecule has 1 saturated heterocycles. The fraction of sp³-hybridized carbons (Fsp3) is 0.444. The Hall–Kier alpha value is -2.30. The number of ether oxygens (including phenoxy) is 1. The normalized spacial score (nSPS) is 19.3. The first kappa shape index (κ1) is 22.0. The zero-order chi connectivity index (χ0) is 20.9. The highest BCUT2D eigenvalue weighted by Gasteiger charge is 2.35. The van der Waals surface area contributed by atoms with Gasteiger partial charge in [0.15, 0.2) is 0 Å². The summed E-state index contributed by atoms with van der Waals surface area (Å²) in [6.07, 6.45) is 3.49. The average molecular weight is 413 g/mol. The molecule has 1 aromatic carbocycles. The monoisotopic (exact) mass is 413 g/mol. The van der Waals surface area contributed by atoms with Crippen LogP contribution >= 0.6 is 0 Å². The highest BCUT2D eigenvalue weighted by Crippen LogP contribution is 2.32. The summed E-state index contributed by atoms with van der Waals surface area (Å²) in [6.45, 7) is 2.27. The molecule has 8 nitrogen and oxygen atoms in total. The van der Waals surface area contributed by atoms with Crippen LogP contribution in [0.1, 0.15) is 11.6 Å². The summed E-state index contributed by atoms with van der Waals surface area (Å²) < 4.78 is 46.8. The van der Waals surface area contributed by atoms with Crippen molar-refractivity contribution in [3.05, 3.63) is 42.0 Å². The van der Waals surface area contributed by atoms with Gasteiger partial charge in [0.25, 0.3) is 6.47 Å². The minimum Gasteiger partial charge on any atom is -0.483 e. The van der Waals surface area contributed by atoms with Gasteiger partial charge in [-0.05, 0) is 30.7 Å². The van der Waals surface area contributed by atoms with E-state index in [0.29, 0.717) is 24.6 Å². The predicted molar refractivity (Wildman–Crippen MR) is 102 cm³/mol. The smallest absolute Gasteiger partial charge is 0.290 e. The zero-order valence-corrected chi connectivity index (χ0v) is 16.8. The molecule has 3 rings (SSSR count). The molecular weight excluding hydrogens is 389 g/mol. The van der Waals surface area contributed by atoms with Crippen LogP contribution in [0.3, 0.4) is 0 Å². The second kappa shape index (κ2) is 9.26. The fourth-order valence-corrected chi connectivity index (χ4v) is 4.22. The van der Waals surface area contributed by atoms with E-state index in [1.165, 1.54) is 24.5 Å². The van der Waals surface area contributed by atoms with E-state index in [4.69, 9.17) is 14.6 Å². The van der Waals surface area contributed by atoms with Crippen LogP contribution in [0.5, 0.6) is 0 Å². The van der Waals surface area contributed by atoms with Crippen molar-refractivity contribution in [2.24, 2.45) is 5.92 Å². The van der Waals surface area contributed by atoms with Gasteiger partial charge in [0.2, 0.25) is 10.0 Å². The topological polar surface area (TPSA) is 102 Å². The summed E-state index contributed by atoms with van der Waals surface area (Å²) in [5, 5.41) is 6.89. The van der Waals surface area contributed by atoms with Crippen LogP contribution in [0.15, 0.2) is 30.6 Å². The number of halogens is 1. The molecule has 0 bridgehead atoms. The molecule has 0 amide bonds. The minimum absolute atomic E-state index is 0.0186. The second-order valence-corrected chi connectivity index (χ2v) is 8.88. The number of hydrogen-bond donors (Lipinski definition) is 1. The van der Waals surface area contributed by atoms with Crippen LogP contribution in [0.2, 0.25) is 0 Å². The van der Waals surface area contributed by atoms with Crippen LogP contribution in [0.25, 0.3) is 11.4 Å². The third-order valence-corrected chi connectivity index (χ3v) is 6.55. The number of nitrogens with zero attached hydrogens (tertiary/aromatic N) is 3. The van der Waals surface area contributed by atoms with Crippen molar-refractivity contribution in [1.29, 1.82) is 0 Å². The van der Waals surface area contributed by atoms with Crippen molar-refractivity contribution in [1.82, 2.24) is 13.9 Å². The minimum atomic E-state index is -3.33. The SMILES string of the molecule is Cc1cc(-c2nccn2[C@@H]2COC[C@@H]2CS(=O)(=O)N(C)C)ccc1F.O=CO. The van der Waals surface area contributed by atoms with Crippen LogP contribution in [-0.4, -0.2) is 66.9 Å². The Morgan fingerprint density at radius 2 is 2.07 bits per heavy atom. The second-order valence-electron chi connectivity index (χ2n) is 6.65. The Balaban J connectivity index is 0.000000878. The number of carbonyl (C=O) groups is 1. The van der Waals surface area contributed by atoms with Gasteiger partial charge < -0.3 is 14.4 Å². The van der Waals surface area contributed by atoms with Crippen molar-refractivity contribution in [2.45, 2.75) is 13.0 Å². The average Bonchev–Trinajstić information content (AvgIpc) is 3.26. The van der Waals surface area contributed by atoms with E-state index in [1.807, 2.05) is 10.8 Å². The van der Waals surface area contributed by atoms with Gasteiger partial charge in [-0.2, -0.15) is 0 Å². The first-order chi connectivity index (χ1) is 13.2. The van der Waals surface area contributed by atoms with E-state index in [1.54, 1.807) is 25.3 Å². The van der Waals surface area contributed by atoms with Crippen LogP contribution < -0.4 is 0 Å². The molecule has 2 aromatic rings. The summed E-state index contributed by atoms with van der Waals surface area (Å²) in [4.78, 5) is 12.8. The lowest BCUT2D eigenvalue weighted by atomic mass is 10.0. The molecule has 0 saturated carbocycles. The van der Waals surface area contributed by atoms with Crippen molar-refractivity contribution in [3.8, 4) is 11.4 Å². The maximum absolute atomic E-state index is 13.5. The van der Waals surface area contributed by atoms with Gasteiger partial charge in [-0.25, -0.2) is 22.1 Å². The van der Waals surface area contributed by atoms with Crippen molar-refractivity contribution >= 4 is 16.5 Å². The van der Waals surface area contributed by atoms with E-state index in [9.17, 15) is 12.8 Å². The Labute approximate surface area is 163 Å². The van der Waals surface area contributed by atoms with E-state index in [2.05, 4.69) is 4.98 Å². The zero-order valence-electron chi connectivity index (χ0n) is 15.9. The highest BCUT2D eigenvalue weighted by molar-refractivity contribution is 7.89. The van der Waals surface area contributed by atoms with Gasteiger partial charge in [0, 0.05) is 38.0 Å². The Morgan fingerprint density at radius 1 is 1.39 bits per heavy atom. The highest BCUT2D eigenvalue weighted by atomic mass is 32.2. The largest absolute Gasteiger partial charge is 0.483 e. The predicted octanol–water partition coefficient (Wildman–Crippen LogP) is 1.78. The maximum atomic E-state index is 13.5. The lowest BCUT2D eigenvalue weighted by molar-refractivity contribution is -0.122. The summed E-state index contributed by atoms with van der Waals surface area (Å²) in [5.41, 5.74) is 1.34. The maximum Gasteiger partial charge on any atom is 0.290 e. The van der Waals surface area contributed by atoms with E-state index in [-0.39, 0.29) is 30.0 Å².